The molecule has 0 amide bonds. The zero-order valence-corrected chi connectivity index (χ0v) is 9.93. The maximum absolute atomic E-state index is 11.8. The van der Waals surface area contributed by atoms with Crippen molar-refractivity contribution >= 4 is 51.7 Å². The van der Waals surface area contributed by atoms with Gasteiger partial charge in [0.1, 0.15) is 4.34 Å². The number of ketones is 1. The van der Waals surface area contributed by atoms with Crippen molar-refractivity contribution in [3.63, 3.8) is 0 Å². The first-order valence-electron chi connectivity index (χ1n) is 3.70. The maximum Gasteiger partial charge on any atom is 0.196 e. The van der Waals surface area contributed by atoms with E-state index in [1.807, 2.05) is 5.38 Å². The molecular weight excluding hydrogens is 259 g/mol. The smallest absolute Gasteiger partial charge is 0.196 e. The number of hydrogen-bond acceptors (Lipinski definition) is 3. The molecule has 1 nitrogen and oxygen atoms in total. The molecule has 0 radical (unpaired) electrons. The minimum absolute atomic E-state index is 0.0700. The van der Waals surface area contributed by atoms with Crippen LogP contribution in [0.4, 0.5) is 0 Å². The lowest BCUT2D eigenvalue weighted by Gasteiger charge is -1.93. The molecule has 2 heterocycles. The normalized spacial score (nSPS) is 10.4. The second-order valence-electron chi connectivity index (χ2n) is 2.58. The van der Waals surface area contributed by atoms with Gasteiger partial charge >= 0.3 is 0 Å². The molecule has 2 aromatic heterocycles. The molecule has 5 heteroatoms. The molecule has 0 saturated carbocycles. The predicted octanol–water partition coefficient (Wildman–Crippen LogP) is 4.35. The first-order valence-corrected chi connectivity index (χ1v) is 6.22. The van der Waals surface area contributed by atoms with Crippen LogP contribution in [0.5, 0.6) is 0 Å². The molecule has 0 aliphatic rings. The van der Waals surface area contributed by atoms with Crippen molar-refractivity contribution in [1.82, 2.24) is 0 Å². The largest absolute Gasteiger partial charge is 0.288 e. The van der Waals surface area contributed by atoms with Crippen molar-refractivity contribution in [2.45, 2.75) is 0 Å². The van der Waals surface area contributed by atoms with Crippen molar-refractivity contribution in [2.24, 2.45) is 0 Å². The fourth-order valence-corrected chi connectivity index (χ4v) is 3.14. The molecule has 0 aliphatic carbocycles. The third-order valence-corrected chi connectivity index (χ3v) is 3.86. The summed E-state index contributed by atoms with van der Waals surface area (Å²) in [5.74, 6) is -0.0700. The van der Waals surface area contributed by atoms with Gasteiger partial charge in [0.05, 0.1) is 9.90 Å². The molecule has 14 heavy (non-hydrogen) atoms. The highest BCUT2D eigenvalue weighted by molar-refractivity contribution is 7.20. The minimum atomic E-state index is -0.0700. The van der Waals surface area contributed by atoms with Crippen molar-refractivity contribution in [3.05, 3.63) is 42.7 Å². The highest BCUT2D eigenvalue weighted by atomic mass is 35.5. The van der Waals surface area contributed by atoms with Gasteiger partial charge in [-0.1, -0.05) is 23.2 Å². The van der Waals surface area contributed by atoms with Gasteiger partial charge in [-0.3, -0.25) is 4.79 Å². The van der Waals surface area contributed by atoms with Gasteiger partial charge < -0.3 is 0 Å². The van der Waals surface area contributed by atoms with E-state index in [0.29, 0.717) is 19.8 Å². The standard InChI is InChI=1S/C9H4Cl2OS2/c10-7-3-6(9(11)14-7)8(12)5-1-2-13-4-5/h1-4H. The van der Waals surface area contributed by atoms with Crippen LogP contribution in [0.2, 0.25) is 8.67 Å². The second kappa shape index (κ2) is 4.03. The van der Waals surface area contributed by atoms with Gasteiger partial charge in [-0.25, -0.2) is 0 Å². The molecule has 0 fully saturated rings. The number of carbonyl (C=O) groups is 1. The van der Waals surface area contributed by atoms with Gasteiger partial charge in [0.15, 0.2) is 5.78 Å². The van der Waals surface area contributed by atoms with E-state index >= 15 is 0 Å². The first kappa shape index (κ1) is 10.2. The molecule has 0 spiro atoms. The van der Waals surface area contributed by atoms with E-state index in [4.69, 9.17) is 23.2 Å². The lowest BCUT2D eigenvalue weighted by molar-refractivity contribution is 0.104. The van der Waals surface area contributed by atoms with Crippen LogP contribution in [-0.2, 0) is 0 Å². The van der Waals surface area contributed by atoms with Crippen molar-refractivity contribution in [2.75, 3.05) is 0 Å². The van der Waals surface area contributed by atoms with E-state index in [-0.39, 0.29) is 5.78 Å². The van der Waals surface area contributed by atoms with E-state index in [1.165, 1.54) is 22.7 Å². The summed E-state index contributed by atoms with van der Waals surface area (Å²) in [6, 6.07) is 3.38. The van der Waals surface area contributed by atoms with Gasteiger partial charge in [-0.05, 0) is 17.5 Å². The number of thiophene rings is 2. The monoisotopic (exact) mass is 262 g/mol. The molecule has 2 aromatic rings. The Kier molecular flexibility index (Phi) is 2.93. The molecule has 0 saturated heterocycles. The molecule has 0 aliphatic heterocycles. The van der Waals surface area contributed by atoms with E-state index in [1.54, 1.807) is 17.5 Å². The molecule has 0 aromatic carbocycles. The van der Waals surface area contributed by atoms with Crippen LogP contribution in [0.1, 0.15) is 15.9 Å². The number of halogens is 2. The summed E-state index contributed by atoms with van der Waals surface area (Å²) in [5.41, 5.74) is 1.14. The van der Waals surface area contributed by atoms with Gasteiger partial charge in [-0.15, -0.1) is 11.3 Å². The summed E-state index contributed by atoms with van der Waals surface area (Å²) >= 11 is 14.3. The SMILES string of the molecule is O=C(c1ccsc1)c1cc(Cl)sc1Cl. The molecule has 2 rings (SSSR count). The van der Waals surface area contributed by atoms with Crippen molar-refractivity contribution in [3.8, 4) is 0 Å². The summed E-state index contributed by atoms with van der Waals surface area (Å²) in [6.07, 6.45) is 0. The molecule has 0 bridgehead atoms. The van der Waals surface area contributed by atoms with Crippen LogP contribution in [0.15, 0.2) is 22.9 Å². The van der Waals surface area contributed by atoms with Crippen molar-refractivity contribution in [1.29, 1.82) is 0 Å². The third-order valence-electron chi connectivity index (χ3n) is 1.68. The number of rotatable bonds is 2. The Hall–Kier alpha value is -0.350. The Bertz CT molecular complexity index is 459. The zero-order valence-electron chi connectivity index (χ0n) is 6.79. The van der Waals surface area contributed by atoms with Crippen LogP contribution in [0.25, 0.3) is 0 Å². The number of carbonyl (C=O) groups excluding carboxylic acids is 1. The van der Waals surface area contributed by atoms with Crippen LogP contribution >= 0.6 is 45.9 Å². The molecular formula is C9H4Cl2OS2. The minimum Gasteiger partial charge on any atom is -0.288 e. The van der Waals surface area contributed by atoms with Crippen LogP contribution in [0.3, 0.4) is 0 Å². The molecule has 0 unspecified atom stereocenters. The lowest BCUT2D eigenvalue weighted by Crippen LogP contribution is -1.97. The second-order valence-corrected chi connectivity index (χ2v) is 5.64. The average molecular weight is 263 g/mol. The predicted molar refractivity (Wildman–Crippen MR) is 62.1 cm³/mol. The Balaban J connectivity index is 2.41. The Morgan fingerprint density at radius 1 is 1.36 bits per heavy atom. The summed E-state index contributed by atoms with van der Waals surface area (Å²) in [6.45, 7) is 0. The lowest BCUT2D eigenvalue weighted by atomic mass is 10.1. The van der Waals surface area contributed by atoms with Gasteiger partial charge in [0, 0.05) is 10.9 Å². The molecule has 0 N–H and O–H groups in total. The number of hydrogen-bond donors (Lipinski definition) is 0. The Morgan fingerprint density at radius 2 is 2.14 bits per heavy atom. The zero-order chi connectivity index (χ0) is 10.1. The highest BCUT2D eigenvalue weighted by Gasteiger charge is 2.15. The van der Waals surface area contributed by atoms with Gasteiger partial charge in [0.25, 0.3) is 0 Å². The van der Waals surface area contributed by atoms with E-state index in [0.717, 1.165) is 0 Å². The fraction of sp³-hybridized carbons (Fsp3) is 0. The summed E-state index contributed by atoms with van der Waals surface area (Å²) in [5, 5.41) is 3.65. The van der Waals surface area contributed by atoms with Crippen molar-refractivity contribution < 1.29 is 4.79 Å². The maximum atomic E-state index is 11.8. The highest BCUT2D eigenvalue weighted by Crippen LogP contribution is 2.32. The van der Waals surface area contributed by atoms with Gasteiger partial charge in [0.2, 0.25) is 0 Å². The van der Waals surface area contributed by atoms with E-state index in [2.05, 4.69) is 0 Å². The van der Waals surface area contributed by atoms with E-state index < -0.39 is 0 Å². The summed E-state index contributed by atoms with van der Waals surface area (Å²) < 4.78 is 0.986. The summed E-state index contributed by atoms with van der Waals surface area (Å²) in [7, 11) is 0. The summed E-state index contributed by atoms with van der Waals surface area (Å²) in [4.78, 5) is 11.8. The quantitative estimate of drug-likeness (QED) is 0.736. The van der Waals surface area contributed by atoms with Crippen LogP contribution in [0, 0.1) is 0 Å². The molecule has 0 atom stereocenters. The van der Waals surface area contributed by atoms with Gasteiger partial charge in [-0.2, -0.15) is 11.3 Å². The van der Waals surface area contributed by atoms with Crippen LogP contribution < -0.4 is 0 Å². The topological polar surface area (TPSA) is 17.1 Å². The third kappa shape index (κ3) is 1.86. The first-order chi connectivity index (χ1) is 6.68. The van der Waals surface area contributed by atoms with Crippen LogP contribution in [-0.4, -0.2) is 5.78 Å². The van der Waals surface area contributed by atoms with E-state index in [9.17, 15) is 4.79 Å². The fourth-order valence-electron chi connectivity index (χ4n) is 1.04. The Labute approximate surface area is 98.9 Å². The molecule has 72 valence electrons. The Morgan fingerprint density at radius 3 is 2.64 bits per heavy atom. The average Bonchev–Trinajstić information content (AvgIpc) is 2.73.